The lowest BCUT2D eigenvalue weighted by Crippen LogP contribution is -2.28. The highest BCUT2D eigenvalue weighted by molar-refractivity contribution is 6.32. The molecule has 0 radical (unpaired) electrons. The molecule has 3 rings (SSSR count). The van der Waals surface area contributed by atoms with Crippen molar-refractivity contribution in [2.75, 3.05) is 0 Å². The maximum Gasteiger partial charge on any atom is 0.224 e. The van der Waals surface area contributed by atoms with Gasteiger partial charge in [0.05, 0.1) is 11.3 Å². The van der Waals surface area contributed by atoms with Gasteiger partial charge in [-0.05, 0) is 30.2 Å². The second-order valence-electron chi connectivity index (χ2n) is 5.27. The summed E-state index contributed by atoms with van der Waals surface area (Å²) >= 11 is 6.06. The lowest BCUT2D eigenvalue weighted by Gasteiger charge is -2.23. The Balaban J connectivity index is 2.29. The first-order valence-corrected chi connectivity index (χ1v) is 7.38. The van der Waals surface area contributed by atoms with Crippen LogP contribution in [0.3, 0.4) is 0 Å². The van der Waals surface area contributed by atoms with Gasteiger partial charge >= 0.3 is 0 Å². The molecule has 1 amide bonds. The molecule has 124 valence electrons. The summed E-state index contributed by atoms with van der Waals surface area (Å²) in [5, 5.41) is 2.56. The molecule has 0 saturated heterocycles. The van der Waals surface area contributed by atoms with E-state index in [-0.39, 0.29) is 34.7 Å². The van der Waals surface area contributed by atoms with Crippen LogP contribution >= 0.6 is 11.6 Å². The monoisotopic (exact) mass is 355 g/mol. The molecule has 2 nitrogen and oxygen atoms in total. The van der Waals surface area contributed by atoms with Gasteiger partial charge in [0, 0.05) is 29.1 Å². The first-order chi connectivity index (χ1) is 11.4. The van der Waals surface area contributed by atoms with E-state index in [9.17, 15) is 22.4 Å². The van der Waals surface area contributed by atoms with Crippen molar-refractivity contribution in [3.8, 4) is 0 Å². The molecule has 0 saturated carbocycles. The smallest absolute Gasteiger partial charge is 0.224 e. The lowest BCUT2D eigenvalue weighted by molar-refractivity contribution is -0.120. The number of hydrogen-bond donors (Lipinski definition) is 1. The van der Waals surface area contributed by atoms with E-state index in [1.807, 2.05) is 0 Å². The van der Waals surface area contributed by atoms with E-state index in [2.05, 4.69) is 5.32 Å². The third kappa shape index (κ3) is 3.01. The normalized spacial score (nSPS) is 14.8. The quantitative estimate of drug-likeness (QED) is 0.779. The number of carbonyl (C=O) groups excluding carboxylic acids is 1. The number of rotatable bonds is 2. The Bertz CT molecular complexity index is 856. The van der Waals surface area contributed by atoms with Crippen molar-refractivity contribution in [3.05, 3.63) is 69.8 Å². The van der Waals surface area contributed by atoms with Crippen LogP contribution in [0.25, 0.3) is 11.3 Å². The third-order valence-corrected chi connectivity index (χ3v) is 4.01. The predicted octanol–water partition coefficient (Wildman–Crippen LogP) is 4.67. The molecule has 0 fully saturated rings. The van der Waals surface area contributed by atoms with Crippen molar-refractivity contribution in [2.24, 2.45) is 0 Å². The first-order valence-electron chi connectivity index (χ1n) is 7.00. The average Bonchev–Trinajstić information content (AvgIpc) is 2.49. The summed E-state index contributed by atoms with van der Waals surface area (Å²) in [4.78, 5) is 11.7. The molecule has 2 aromatic rings. The molecule has 0 atom stereocenters. The SMILES string of the molecule is O=C1CCC(c2cc(F)ccc2Cl)=C(c2c(F)cc(F)cc2F)N1. The maximum absolute atomic E-state index is 14.1. The minimum atomic E-state index is -1.17. The van der Waals surface area contributed by atoms with Crippen LogP contribution in [0.2, 0.25) is 5.02 Å². The Hall–Kier alpha value is -2.34. The van der Waals surface area contributed by atoms with Gasteiger partial charge in [-0.25, -0.2) is 17.6 Å². The molecular weight excluding hydrogens is 346 g/mol. The Morgan fingerprint density at radius 2 is 1.58 bits per heavy atom. The number of nitrogens with one attached hydrogen (secondary N) is 1. The number of benzene rings is 2. The molecule has 1 aliphatic heterocycles. The van der Waals surface area contributed by atoms with E-state index >= 15 is 0 Å². The second-order valence-corrected chi connectivity index (χ2v) is 5.68. The second kappa shape index (κ2) is 6.28. The van der Waals surface area contributed by atoms with Crippen LogP contribution in [0.15, 0.2) is 30.3 Å². The summed E-state index contributed by atoms with van der Waals surface area (Å²) in [6.45, 7) is 0. The van der Waals surface area contributed by atoms with E-state index in [0.717, 1.165) is 12.1 Å². The number of allylic oxidation sites excluding steroid dienone is 1. The molecule has 2 aromatic carbocycles. The zero-order chi connectivity index (χ0) is 17.4. The van der Waals surface area contributed by atoms with E-state index < -0.39 is 34.7 Å². The standard InChI is InChI=1S/C17H10ClF4NO/c18-12-3-1-8(19)5-11(12)10-2-4-15(24)23-17(10)16-13(21)6-9(20)7-14(16)22/h1,3,5-7H,2,4H2,(H,23,24). The zero-order valence-electron chi connectivity index (χ0n) is 12.1. The fraction of sp³-hybridized carbons (Fsp3) is 0.118. The summed E-state index contributed by atoms with van der Waals surface area (Å²) < 4.78 is 54.9. The first kappa shape index (κ1) is 16.5. The van der Waals surface area contributed by atoms with Gasteiger partial charge in [-0.3, -0.25) is 4.79 Å². The summed E-state index contributed by atoms with van der Waals surface area (Å²) in [6, 6.07) is 4.60. The zero-order valence-corrected chi connectivity index (χ0v) is 12.9. The van der Waals surface area contributed by atoms with Gasteiger partial charge in [0.2, 0.25) is 5.91 Å². The van der Waals surface area contributed by atoms with Crippen molar-refractivity contribution in [1.29, 1.82) is 0 Å². The molecule has 1 N–H and O–H groups in total. The summed E-state index contributed by atoms with van der Waals surface area (Å²) in [5.41, 5.74) is -0.258. The molecule has 1 heterocycles. The van der Waals surface area contributed by atoms with Gasteiger partial charge in [0.15, 0.2) is 0 Å². The molecule has 0 unspecified atom stereocenters. The molecule has 0 bridgehead atoms. The number of carbonyl (C=O) groups is 1. The van der Waals surface area contributed by atoms with Crippen LogP contribution in [0.5, 0.6) is 0 Å². The van der Waals surface area contributed by atoms with Crippen molar-refractivity contribution in [1.82, 2.24) is 5.32 Å². The van der Waals surface area contributed by atoms with Crippen LogP contribution < -0.4 is 5.32 Å². The van der Waals surface area contributed by atoms with E-state index in [1.54, 1.807) is 0 Å². The summed E-state index contributed by atoms with van der Waals surface area (Å²) in [5.74, 6) is -4.46. The van der Waals surface area contributed by atoms with E-state index in [0.29, 0.717) is 12.1 Å². The molecule has 0 aromatic heterocycles. The van der Waals surface area contributed by atoms with Crippen LogP contribution in [-0.2, 0) is 4.79 Å². The molecule has 0 spiro atoms. The predicted molar refractivity (Wildman–Crippen MR) is 81.9 cm³/mol. The van der Waals surface area contributed by atoms with E-state index in [4.69, 9.17) is 11.6 Å². The van der Waals surface area contributed by atoms with Gasteiger partial charge in [-0.15, -0.1) is 0 Å². The Morgan fingerprint density at radius 3 is 2.25 bits per heavy atom. The fourth-order valence-electron chi connectivity index (χ4n) is 2.63. The van der Waals surface area contributed by atoms with Crippen LogP contribution in [0.4, 0.5) is 17.6 Å². The highest BCUT2D eigenvalue weighted by Gasteiger charge is 2.26. The maximum atomic E-state index is 14.1. The van der Waals surface area contributed by atoms with Crippen molar-refractivity contribution < 1.29 is 22.4 Å². The van der Waals surface area contributed by atoms with Gasteiger partial charge < -0.3 is 5.32 Å². The minimum absolute atomic E-state index is 0.0517. The minimum Gasteiger partial charge on any atom is -0.325 e. The topological polar surface area (TPSA) is 29.1 Å². The molecule has 7 heteroatoms. The molecule has 24 heavy (non-hydrogen) atoms. The largest absolute Gasteiger partial charge is 0.325 e. The van der Waals surface area contributed by atoms with Crippen LogP contribution in [0.1, 0.15) is 24.0 Å². The molecule has 1 aliphatic rings. The Morgan fingerprint density at radius 1 is 0.917 bits per heavy atom. The van der Waals surface area contributed by atoms with Crippen molar-refractivity contribution >= 4 is 28.8 Å². The van der Waals surface area contributed by atoms with Gasteiger partial charge in [-0.2, -0.15) is 0 Å². The van der Waals surface area contributed by atoms with Gasteiger partial charge in [-0.1, -0.05) is 11.6 Å². The van der Waals surface area contributed by atoms with Gasteiger partial charge in [0.1, 0.15) is 23.3 Å². The van der Waals surface area contributed by atoms with E-state index in [1.165, 1.54) is 6.07 Å². The van der Waals surface area contributed by atoms with Crippen LogP contribution in [-0.4, -0.2) is 5.91 Å². The van der Waals surface area contributed by atoms with Gasteiger partial charge in [0.25, 0.3) is 0 Å². The van der Waals surface area contributed by atoms with Crippen molar-refractivity contribution in [2.45, 2.75) is 12.8 Å². The van der Waals surface area contributed by atoms with Crippen molar-refractivity contribution in [3.63, 3.8) is 0 Å². The number of hydrogen-bond acceptors (Lipinski definition) is 1. The molecular formula is C17H10ClF4NO. The number of amides is 1. The highest BCUT2D eigenvalue weighted by Crippen LogP contribution is 2.37. The average molecular weight is 356 g/mol. The highest BCUT2D eigenvalue weighted by atomic mass is 35.5. The molecule has 0 aliphatic carbocycles. The van der Waals surface area contributed by atoms with Crippen LogP contribution in [0, 0.1) is 23.3 Å². The third-order valence-electron chi connectivity index (χ3n) is 3.68. The summed E-state index contributed by atoms with van der Waals surface area (Å²) in [7, 11) is 0. The lowest BCUT2D eigenvalue weighted by atomic mass is 9.92. The fourth-order valence-corrected chi connectivity index (χ4v) is 2.87. The number of halogens is 5. The Kier molecular flexibility index (Phi) is 4.32. The summed E-state index contributed by atoms with van der Waals surface area (Å²) in [6.07, 6.45) is 0.163. The Labute approximate surface area is 139 Å².